The van der Waals surface area contributed by atoms with E-state index in [0.29, 0.717) is 17.3 Å². The number of fused-ring (bicyclic) bond motifs is 1. The molecule has 4 rings (SSSR count). The molecule has 0 aromatic heterocycles. The summed E-state index contributed by atoms with van der Waals surface area (Å²) in [6, 6.07) is 13.5. The Balaban J connectivity index is 1.45. The van der Waals surface area contributed by atoms with Gasteiger partial charge in [0.05, 0.1) is 6.04 Å². The number of amides is 2. The molecule has 0 radical (unpaired) electrons. The lowest BCUT2D eigenvalue weighted by Gasteiger charge is -2.31. The maximum absolute atomic E-state index is 12.5. The third-order valence-corrected chi connectivity index (χ3v) is 6.40. The molecule has 0 unspecified atom stereocenters. The number of hydrogen-bond acceptors (Lipinski definition) is 4. The maximum Gasteiger partial charge on any atom is 0.313 e. The van der Waals surface area contributed by atoms with E-state index in [-0.39, 0.29) is 6.04 Å². The van der Waals surface area contributed by atoms with Crippen molar-refractivity contribution in [3.05, 3.63) is 58.6 Å². The fraction of sp³-hybridized carbons (Fsp3) is 0.417. The lowest BCUT2D eigenvalue weighted by atomic mass is 9.96. The summed E-state index contributed by atoms with van der Waals surface area (Å²) in [4.78, 5) is 29.5. The molecule has 7 heteroatoms. The molecule has 6 nitrogen and oxygen atoms in total. The summed E-state index contributed by atoms with van der Waals surface area (Å²) in [6.45, 7) is 3.49. The van der Waals surface area contributed by atoms with E-state index in [1.54, 1.807) is 24.3 Å². The van der Waals surface area contributed by atoms with E-state index < -0.39 is 11.8 Å². The van der Waals surface area contributed by atoms with Crippen molar-refractivity contribution in [3.63, 3.8) is 0 Å². The van der Waals surface area contributed by atoms with Crippen LogP contribution in [-0.4, -0.2) is 49.9 Å². The molecule has 2 aliphatic heterocycles. The Morgan fingerprint density at radius 1 is 1.03 bits per heavy atom. The average Bonchev–Trinajstić information content (AvgIpc) is 3.28. The van der Waals surface area contributed by atoms with Crippen LogP contribution in [0.3, 0.4) is 0 Å². The van der Waals surface area contributed by atoms with E-state index in [2.05, 4.69) is 45.7 Å². The number of benzene rings is 2. The number of likely N-dealkylation sites (tertiary alicyclic amines) is 1. The van der Waals surface area contributed by atoms with Crippen LogP contribution in [0.25, 0.3) is 0 Å². The second kappa shape index (κ2) is 9.71. The predicted octanol–water partition coefficient (Wildman–Crippen LogP) is 3.61. The van der Waals surface area contributed by atoms with Gasteiger partial charge in [-0.25, -0.2) is 0 Å². The lowest BCUT2D eigenvalue weighted by molar-refractivity contribution is -0.136. The summed E-state index contributed by atoms with van der Waals surface area (Å²) < 4.78 is 0. The highest BCUT2D eigenvalue weighted by Crippen LogP contribution is 2.31. The Kier molecular flexibility index (Phi) is 6.78. The van der Waals surface area contributed by atoms with Crippen LogP contribution in [0.5, 0.6) is 0 Å². The quantitative estimate of drug-likeness (QED) is 0.697. The maximum atomic E-state index is 12.5. The Hall–Kier alpha value is -2.57. The van der Waals surface area contributed by atoms with Crippen LogP contribution in [0, 0.1) is 0 Å². The number of carbonyl (C=O) groups excluding carboxylic acids is 2. The van der Waals surface area contributed by atoms with Gasteiger partial charge in [0.15, 0.2) is 0 Å². The van der Waals surface area contributed by atoms with Gasteiger partial charge in [-0.1, -0.05) is 29.8 Å². The summed E-state index contributed by atoms with van der Waals surface area (Å²) in [5, 5.41) is 5.96. The molecule has 1 fully saturated rings. The minimum Gasteiger partial charge on any atom is -0.374 e. The van der Waals surface area contributed by atoms with Crippen LogP contribution in [0.1, 0.15) is 36.4 Å². The van der Waals surface area contributed by atoms with Crippen LogP contribution in [0.15, 0.2) is 42.5 Å². The smallest absolute Gasteiger partial charge is 0.313 e. The van der Waals surface area contributed by atoms with E-state index in [1.807, 2.05) is 0 Å². The van der Waals surface area contributed by atoms with Crippen molar-refractivity contribution < 1.29 is 9.59 Å². The highest BCUT2D eigenvalue weighted by Gasteiger charge is 2.26. The van der Waals surface area contributed by atoms with Gasteiger partial charge in [0.1, 0.15) is 0 Å². The summed E-state index contributed by atoms with van der Waals surface area (Å²) in [6.07, 6.45) is 4.55. The van der Waals surface area contributed by atoms with Crippen LogP contribution in [0.2, 0.25) is 5.02 Å². The number of rotatable bonds is 5. The molecule has 0 spiro atoms. The molecule has 31 heavy (non-hydrogen) atoms. The molecular weight excluding hydrogens is 412 g/mol. The molecular formula is C24H29ClN4O2. The second-order valence-corrected chi connectivity index (χ2v) is 8.78. The van der Waals surface area contributed by atoms with Crippen molar-refractivity contribution >= 4 is 34.8 Å². The van der Waals surface area contributed by atoms with Crippen LogP contribution >= 0.6 is 11.6 Å². The molecule has 2 amide bonds. The van der Waals surface area contributed by atoms with Crippen molar-refractivity contribution in [1.82, 2.24) is 10.2 Å². The first-order valence-electron chi connectivity index (χ1n) is 10.9. The van der Waals surface area contributed by atoms with Gasteiger partial charge in [0, 0.05) is 36.5 Å². The standard InChI is InChI=1S/C24H29ClN4O2/c1-28-11-5-6-17-14-18(9-10-21(17)28)22(29-12-2-3-13-29)16-26-23(30)24(31)27-20-8-4-7-19(25)15-20/h4,7-10,14-15,22H,2-3,5-6,11-13,16H2,1H3,(H,26,30)(H,27,31)/t22-/m0/s1. The first-order chi connectivity index (χ1) is 15.0. The van der Waals surface area contributed by atoms with E-state index in [9.17, 15) is 9.59 Å². The van der Waals surface area contributed by atoms with Gasteiger partial charge in [0.25, 0.3) is 0 Å². The van der Waals surface area contributed by atoms with Gasteiger partial charge in [0.2, 0.25) is 0 Å². The van der Waals surface area contributed by atoms with Crippen LogP contribution in [-0.2, 0) is 16.0 Å². The average molecular weight is 441 g/mol. The molecule has 2 heterocycles. The minimum absolute atomic E-state index is 0.0583. The SMILES string of the molecule is CN1CCCc2cc([C@H](CNC(=O)C(=O)Nc3cccc(Cl)c3)N3CCCC3)ccc21. The second-order valence-electron chi connectivity index (χ2n) is 8.35. The first-order valence-corrected chi connectivity index (χ1v) is 11.3. The van der Waals surface area contributed by atoms with Gasteiger partial charge in [-0.15, -0.1) is 0 Å². The van der Waals surface area contributed by atoms with Gasteiger partial charge < -0.3 is 15.5 Å². The van der Waals surface area contributed by atoms with Crippen molar-refractivity contribution in [2.45, 2.75) is 31.7 Å². The molecule has 0 saturated carbocycles. The summed E-state index contributed by atoms with van der Waals surface area (Å²) >= 11 is 5.95. The predicted molar refractivity (Wildman–Crippen MR) is 125 cm³/mol. The molecule has 2 aromatic rings. The minimum atomic E-state index is -0.686. The zero-order valence-electron chi connectivity index (χ0n) is 17.9. The van der Waals surface area contributed by atoms with Crippen LogP contribution in [0.4, 0.5) is 11.4 Å². The lowest BCUT2D eigenvalue weighted by Crippen LogP contribution is -2.41. The number of hydrogen-bond donors (Lipinski definition) is 2. The number of nitrogens with one attached hydrogen (secondary N) is 2. The largest absolute Gasteiger partial charge is 0.374 e. The summed E-state index contributed by atoms with van der Waals surface area (Å²) in [5.74, 6) is -1.32. The number of anilines is 2. The van der Waals surface area contributed by atoms with E-state index in [1.165, 1.54) is 16.8 Å². The number of carbonyl (C=O) groups is 2. The van der Waals surface area contributed by atoms with Crippen LogP contribution < -0.4 is 15.5 Å². The van der Waals surface area contributed by atoms with Crippen molar-refractivity contribution in [1.29, 1.82) is 0 Å². The fourth-order valence-electron chi connectivity index (χ4n) is 4.55. The Bertz CT molecular complexity index is 958. The number of halogens is 1. The normalized spacial score (nSPS) is 17.2. The van der Waals surface area contributed by atoms with Gasteiger partial charge in [-0.05, 0) is 74.2 Å². The summed E-state index contributed by atoms with van der Waals surface area (Å²) in [5.41, 5.74) is 4.36. The molecule has 2 N–H and O–H groups in total. The molecule has 164 valence electrons. The monoisotopic (exact) mass is 440 g/mol. The molecule has 2 aromatic carbocycles. The Labute approximate surface area is 188 Å². The molecule has 1 saturated heterocycles. The van der Waals surface area contributed by atoms with Gasteiger partial charge in [-0.3, -0.25) is 14.5 Å². The first kappa shape index (κ1) is 21.7. The van der Waals surface area contributed by atoms with E-state index >= 15 is 0 Å². The zero-order chi connectivity index (χ0) is 21.8. The van der Waals surface area contributed by atoms with Crippen molar-refractivity contribution in [2.24, 2.45) is 0 Å². The Morgan fingerprint density at radius 3 is 2.61 bits per heavy atom. The number of nitrogens with zero attached hydrogens (tertiary/aromatic N) is 2. The van der Waals surface area contributed by atoms with Crippen molar-refractivity contribution in [2.75, 3.05) is 43.4 Å². The third kappa shape index (κ3) is 5.20. The zero-order valence-corrected chi connectivity index (χ0v) is 18.6. The molecule has 2 aliphatic rings. The van der Waals surface area contributed by atoms with E-state index in [4.69, 9.17) is 11.6 Å². The highest BCUT2D eigenvalue weighted by atomic mass is 35.5. The van der Waals surface area contributed by atoms with Crippen molar-refractivity contribution in [3.8, 4) is 0 Å². The topological polar surface area (TPSA) is 64.7 Å². The third-order valence-electron chi connectivity index (χ3n) is 6.17. The van der Waals surface area contributed by atoms with E-state index in [0.717, 1.165) is 45.3 Å². The summed E-state index contributed by atoms with van der Waals surface area (Å²) in [7, 11) is 2.13. The molecule has 1 atom stereocenters. The fourth-order valence-corrected chi connectivity index (χ4v) is 4.74. The molecule has 0 aliphatic carbocycles. The van der Waals surface area contributed by atoms with Gasteiger partial charge in [-0.2, -0.15) is 0 Å². The molecule has 0 bridgehead atoms. The van der Waals surface area contributed by atoms with Gasteiger partial charge >= 0.3 is 11.8 Å². The highest BCUT2D eigenvalue weighted by molar-refractivity contribution is 6.39. The number of aryl methyl sites for hydroxylation is 1. The Morgan fingerprint density at radius 2 is 1.84 bits per heavy atom.